The van der Waals surface area contributed by atoms with E-state index in [0.29, 0.717) is 17.7 Å². The van der Waals surface area contributed by atoms with Crippen LogP contribution in [0.2, 0.25) is 5.15 Å². The molecule has 2 aromatic rings. The maximum absolute atomic E-state index is 14.1. The number of halogens is 3. The fourth-order valence-electron chi connectivity index (χ4n) is 5.78. The van der Waals surface area contributed by atoms with Gasteiger partial charge >= 0.3 is 0 Å². The fraction of sp³-hybridized carbons (Fsp3) is 0.520. The quantitative estimate of drug-likeness (QED) is 0.558. The zero-order valence-corrected chi connectivity index (χ0v) is 19.7. The van der Waals surface area contributed by atoms with E-state index in [1.54, 1.807) is 6.20 Å². The van der Waals surface area contributed by atoms with E-state index in [4.69, 9.17) is 11.6 Å². The van der Waals surface area contributed by atoms with Crippen molar-refractivity contribution in [3.63, 3.8) is 0 Å². The second-order valence-corrected chi connectivity index (χ2v) is 10.1. The minimum Gasteiger partial charge on any atom is -0.352 e. The van der Waals surface area contributed by atoms with Crippen molar-refractivity contribution in [1.82, 2.24) is 26.1 Å². The van der Waals surface area contributed by atoms with Crippen LogP contribution in [0.3, 0.4) is 0 Å². The molecule has 34 heavy (non-hydrogen) atoms. The third-order valence-corrected chi connectivity index (χ3v) is 7.73. The van der Waals surface area contributed by atoms with Crippen LogP contribution in [-0.4, -0.2) is 41.0 Å². The summed E-state index contributed by atoms with van der Waals surface area (Å²) in [6.07, 6.45) is 6.02. The molecule has 0 radical (unpaired) electrons. The number of amides is 1. The number of nitrogens with one attached hydrogen (secondary N) is 3. The normalized spacial score (nSPS) is 29.6. The highest BCUT2D eigenvalue weighted by Crippen LogP contribution is 2.40. The minimum absolute atomic E-state index is 0.0107. The molecule has 1 aliphatic carbocycles. The Bertz CT molecular complexity index is 1020. The van der Waals surface area contributed by atoms with E-state index in [1.807, 2.05) is 17.0 Å². The number of pyridine rings is 1. The Morgan fingerprint density at radius 3 is 2.79 bits per heavy atom. The van der Waals surface area contributed by atoms with Gasteiger partial charge in [-0.2, -0.15) is 0 Å². The molecule has 1 amide bonds. The lowest BCUT2D eigenvalue weighted by atomic mass is 9.74. The Morgan fingerprint density at radius 2 is 2.00 bits per heavy atom. The lowest BCUT2D eigenvalue weighted by Crippen LogP contribution is -2.50. The third kappa shape index (κ3) is 5.10. The van der Waals surface area contributed by atoms with Crippen LogP contribution in [0, 0.1) is 23.5 Å². The van der Waals surface area contributed by atoms with Crippen molar-refractivity contribution in [3.8, 4) is 0 Å². The van der Waals surface area contributed by atoms with Crippen molar-refractivity contribution in [1.29, 1.82) is 0 Å². The Labute approximate surface area is 203 Å². The zero-order chi connectivity index (χ0) is 23.7. The minimum atomic E-state index is -0.522. The van der Waals surface area contributed by atoms with Crippen molar-refractivity contribution >= 4 is 17.5 Å². The first-order valence-corrected chi connectivity index (χ1v) is 12.4. The SMILES string of the molecule is O=C(N[C@@H]1CCCN(Cc2c(F)cccc2F)C1)C1CCC2NNC(c3ccnc(Cl)c3)C2C1. The number of hydrogen-bond donors (Lipinski definition) is 3. The largest absolute Gasteiger partial charge is 0.352 e. The van der Waals surface area contributed by atoms with Crippen molar-refractivity contribution in [2.45, 2.75) is 56.8 Å². The van der Waals surface area contributed by atoms with Gasteiger partial charge in [0.15, 0.2) is 0 Å². The summed E-state index contributed by atoms with van der Waals surface area (Å²) >= 11 is 6.10. The number of rotatable bonds is 5. The van der Waals surface area contributed by atoms with Gasteiger partial charge in [-0.3, -0.25) is 15.1 Å². The molecular formula is C25H30ClF2N5O. The molecule has 4 unspecified atom stereocenters. The molecule has 1 saturated carbocycles. The van der Waals surface area contributed by atoms with E-state index in [2.05, 4.69) is 21.2 Å². The molecule has 3 heterocycles. The van der Waals surface area contributed by atoms with Gasteiger partial charge in [-0.15, -0.1) is 0 Å². The van der Waals surface area contributed by atoms with Gasteiger partial charge in [0.25, 0.3) is 0 Å². The van der Waals surface area contributed by atoms with Crippen LogP contribution in [0.1, 0.15) is 49.3 Å². The maximum Gasteiger partial charge on any atom is 0.223 e. The van der Waals surface area contributed by atoms with Gasteiger partial charge in [-0.1, -0.05) is 17.7 Å². The van der Waals surface area contributed by atoms with Gasteiger partial charge < -0.3 is 5.32 Å². The molecule has 0 bridgehead atoms. The molecule has 1 aromatic carbocycles. The summed E-state index contributed by atoms with van der Waals surface area (Å²) in [5.41, 5.74) is 7.94. The first kappa shape index (κ1) is 23.6. The van der Waals surface area contributed by atoms with Crippen LogP contribution in [0.4, 0.5) is 8.78 Å². The Kier molecular flexibility index (Phi) is 7.11. The van der Waals surface area contributed by atoms with Crippen molar-refractivity contribution < 1.29 is 13.6 Å². The van der Waals surface area contributed by atoms with E-state index in [1.165, 1.54) is 18.2 Å². The van der Waals surface area contributed by atoms with Crippen LogP contribution in [-0.2, 0) is 11.3 Å². The predicted octanol–water partition coefficient (Wildman–Crippen LogP) is 3.73. The predicted molar refractivity (Wildman–Crippen MR) is 126 cm³/mol. The van der Waals surface area contributed by atoms with E-state index in [-0.39, 0.29) is 41.9 Å². The number of carbonyl (C=O) groups excluding carboxylic acids is 1. The third-order valence-electron chi connectivity index (χ3n) is 7.53. The van der Waals surface area contributed by atoms with Gasteiger partial charge in [0, 0.05) is 42.9 Å². The fourth-order valence-corrected chi connectivity index (χ4v) is 5.96. The molecule has 9 heteroatoms. The van der Waals surface area contributed by atoms with Gasteiger partial charge in [0.2, 0.25) is 5.91 Å². The zero-order valence-electron chi connectivity index (χ0n) is 18.9. The number of benzene rings is 1. The highest BCUT2D eigenvalue weighted by molar-refractivity contribution is 6.29. The molecule has 5 atom stereocenters. The molecular weight excluding hydrogens is 460 g/mol. The number of hydrazine groups is 1. The Morgan fingerprint density at radius 1 is 1.18 bits per heavy atom. The van der Waals surface area contributed by atoms with E-state index < -0.39 is 11.6 Å². The van der Waals surface area contributed by atoms with E-state index in [9.17, 15) is 13.6 Å². The summed E-state index contributed by atoms with van der Waals surface area (Å²) in [6.45, 7) is 1.58. The summed E-state index contributed by atoms with van der Waals surface area (Å²) in [4.78, 5) is 19.3. The van der Waals surface area contributed by atoms with Crippen LogP contribution in [0.15, 0.2) is 36.5 Å². The number of hydrogen-bond acceptors (Lipinski definition) is 5. The second-order valence-electron chi connectivity index (χ2n) is 9.74. The molecule has 2 aliphatic heterocycles. The summed E-state index contributed by atoms with van der Waals surface area (Å²) in [7, 11) is 0. The molecule has 1 aromatic heterocycles. The van der Waals surface area contributed by atoms with Crippen LogP contribution >= 0.6 is 11.6 Å². The average Bonchev–Trinajstić information content (AvgIpc) is 3.25. The first-order chi connectivity index (χ1) is 16.5. The monoisotopic (exact) mass is 489 g/mol. The molecule has 6 nitrogen and oxygen atoms in total. The number of piperidine rings is 1. The molecule has 182 valence electrons. The van der Waals surface area contributed by atoms with Crippen LogP contribution in [0.5, 0.6) is 0 Å². The summed E-state index contributed by atoms with van der Waals surface area (Å²) in [5, 5.41) is 3.70. The van der Waals surface area contributed by atoms with Gasteiger partial charge in [0.05, 0.1) is 6.04 Å². The summed E-state index contributed by atoms with van der Waals surface area (Å²) in [5.74, 6) is -0.726. The smallest absolute Gasteiger partial charge is 0.223 e. The Balaban J connectivity index is 1.19. The molecule has 3 N–H and O–H groups in total. The Hall–Kier alpha value is -2.13. The maximum atomic E-state index is 14.1. The molecule has 0 spiro atoms. The summed E-state index contributed by atoms with van der Waals surface area (Å²) in [6, 6.07) is 8.20. The second kappa shape index (κ2) is 10.2. The lowest BCUT2D eigenvalue weighted by Gasteiger charge is -2.36. The van der Waals surface area contributed by atoms with Crippen molar-refractivity contribution in [2.24, 2.45) is 11.8 Å². The van der Waals surface area contributed by atoms with Crippen LogP contribution in [0.25, 0.3) is 0 Å². The molecule has 3 aliphatic rings. The number of aromatic nitrogens is 1. The molecule has 3 fully saturated rings. The van der Waals surface area contributed by atoms with Gasteiger partial charge in [0.1, 0.15) is 16.8 Å². The number of nitrogens with zero attached hydrogens (tertiary/aromatic N) is 2. The number of fused-ring (bicyclic) bond motifs is 1. The van der Waals surface area contributed by atoms with E-state index in [0.717, 1.165) is 44.2 Å². The lowest BCUT2D eigenvalue weighted by molar-refractivity contribution is -0.127. The standard InChI is InChI=1S/C25H30ClF2N5O/c26-23-12-15(8-9-29-23)24-18-11-16(6-7-22(18)31-32-24)25(34)30-17-3-2-10-33(13-17)14-19-20(27)4-1-5-21(19)28/h1,4-5,8-9,12,16-18,22,24,31-32H,2-3,6-7,10-11,13-14H2,(H,30,34)/t16?,17-,18?,22?,24?/m1/s1. The molecule has 2 saturated heterocycles. The first-order valence-electron chi connectivity index (χ1n) is 12.1. The topological polar surface area (TPSA) is 69.3 Å². The number of likely N-dealkylation sites (tertiary alicyclic amines) is 1. The van der Waals surface area contributed by atoms with Crippen molar-refractivity contribution in [3.05, 3.63) is 64.4 Å². The highest BCUT2D eigenvalue weighted by Gasteiger charge is 2.43. The van der Waals surface area contributed by atoms with Crippen LogP contribution < -0.4 is 16.2 Å². The highest BCUT2D eigenvalue weighted by atomic mass is 35.5. The molecule has 5 rings (SSSR count). The number of carbonyl (C=O) groups is 1. The van der Waals surface area contributed by atoms with Crippen molar-refractivity contribution in [2.75, 3.05) is 13.1 Å². The van der Waals surface area contributed by atoms with Gasteiger partial charge in [-0.05, 0) is 74.4 Å². The van der Waals surface area contributed by atoms with E-state index >= 15 is 0 Å². The van der Waals surface area contributed by atoms with Gasteiger partial charge in [-0.25, -0.2) is 19.2 Å². The average molecular weight is 490 g/mol. The summed E-state index contributed by atoms with van der Waals surface area (Å²) < 4.78 is 28.2.